The molecular formula is C18H21NO2. The maximum atomic E-state index is 13.2. The van der Waals surface area contributed by atoms with Gasteiger partial charge < -0.3 is 4.74 Å². The maximum Gasteiger partial charge on any atom is 0.196 e. The van der Waals surface area contributed by atoms with Crippen LogP contribution < -0.4 is 0 Å². The van der Waals surface area contributed by atoms with Gasteiger partial charge in [-0.25, -0.2) is 0 Å². The fraction of sp³-hybridized carbons (Fsp3) is 0.444. The third-order valence-electron chi connectivity index (χ3n) is 4.59. The van der Waals surface area contributed by atoms with E-state index in [0.717, 1.165) is 36.6 Å². The van der Waals surface area contributed by atoms with Gasteiger partial charge in [-0.3, -0.25) is 9.78 Å². The normalized spacial score (nSPS) is 18.3. The number of rotatable bonds is 3. The molecule has 3 heteroatoms. The lowest BCUT2D eigenvalue weighted by atomic mass is 9.85. The number of hydrogen-bond donors (Lipinski definition) is 0. The van der Waals surface area contributed by atoms with Crippen molar-refractivity contribution in [2.24, 2.45) is 0 Å². The number of ether oxygens (including phenoxy) is 1. The lowest BCUT2D eigenvalue weighted by Gasteiger charge is -2.30. The summed E-state index contributed by atoms with van der Waals surface area (Å²) in [6, 6.07) is 9.69. The molecule has 1 heterocycles. The molecule has 0 unspecified atom stereocenters. The molecule has 0 bridgehead atoms. The van der Waals surface area contributed by atoms with Gasteiger partial charge in [-0.2, -0.15) is 0 Å². The Balaban J connectivity index is 2.06. The lowest BCUT2D eigenvalue weighted by Crippen LogP contribution is -2.40. The van der Waals surface area contributed by atoms with E-state index in [1.54, 1.807) is 13.3 Å². The third-order valence-corrected chi connectivity index (χ3v) is 4.59. The van der Waals surface area contributed by atoms with Crippen LogP contribution in [0.5, 0.6) is 0 Å². The van der Waals surface area contributed by atoms with Gasteiger partial charge >= 0.3 is 0 Å². The molecule has 1 aliphatic carbocycles. The zero-order valence-corrected chi connectivity index (χ0v) is 12.5. The molecule has 21 heavy (non-hydrogen) atoms. The second-order valence-electron chi connectivity index (χ2n) is 5.82. The van der Waals surface area contributed by atoms with Gasteiger partial charge in [0.05, 0.1) is 5.52 Å². The Morgan fingerprint density at radius 3 is 2.52 bits per heavy atom. The number of benzene rings is 1. The Labute approximate surface area is 125 Å². The van der Waals surface area contributed by atoms with Crippen LogP contribution in [0.15, 0.2) is 36.5 Å². The average molecular weight is 283 g/mol. The van der Waals surface area contributed by atoms with Crippen molar-refractivity contribution in [2.75, 3.05) is 7.11 Å². The molecule has 110 valence electrons. The number of carbonyl (C=O) groups is 1. The van der Waals surface area contributed by atoms with E-state index in [4.69, 9.17) is 4.74 Å². The van der Waals surface area contributed by atoms with E-state index in [-0.39, 0.29) is 5.78 Å². The van der Waals surface area contributed by atoms with E-state index < -0.39 is 5.60 Å². The Bertz CT molecular complexity index is 637. The summed E-state index contributed by atoms with van der Waals surface area (Å²) in [5, 5.41) is 1.00. The van der Waals surface area contributed by atoms with E-state index >= 15 is 0 Å². The van der Waals surface area contributed by atoms with E-state index in [2.05, 4.69) is 4.98 Å². The summed E-state index contributed by atoms with van der Waals surface area (Å²) >= 11 is 0. The standard InChI is InChI=1S/C18H21NO2/c1-21-18(11-4-2-3-5-12-18)17(20)15-10-6-8-14-9-7-13-19-16(14)15/h6-10,13H,2-5,11-12H2,1H3. The number of carbonyl (C=O) groups excluding carboxylic acids is 1. The smallest absolute Gasteiger partial charge is 0.196 e. The van der Waals surface area contributed by atoms with Gasteiger partial charge in [0, 0.05) is 24.3 Å². The van der Waals surface area contributed by atoms with Crippen molar-refractivity contribution in [1.29, 1.82) is 0 Å². The van der Waals surface area contributed by atoms with Crippen LogP contribution in [-0.2, 0) is 4.74 Å². The largest absolute Gasteiger partial charge is 0.370 e. The van der Waals surface area contributed by atoms with Crippen LogP contribution in [0.25, 0.3) is 10.9 Å². The second kappa shape index (κ2) is 5.94. The number of Topliss-reactive ketones (excluding diaryl/α,β-unsaturated/α-hetero) is 1. The third kappa shape index (κ3) is 2.58. The first-order chi connectivity index (χ1) is 10.3. The molecule has 2 aromatic rings. The van der Waals surface area contributed by atoms with Crippen molar-refractivity contribution in [3.63, 3.8) is 0 Å². The van der Waals surface area contributed by atoms with Gasteiger partial charge in [0.15, 0.2) is 5.78 Å². The number of methoxy groups -OCH3 is 1. The molecule has 1 aromatic carbocycles. The Kier molecular flexibility index (Phi) is 4.02. The summed E-state index contributed by atoms with van der Waals surface area (Å²) in [6.45, 7) is 0. The highest BCUT2D eigenvalue weighted by Gasteiger charge is 2.39. The number of ketones is 1. The molecule has 0 saturated heterocycles. The fourth-order valence-electron chi connectivity index (χ4n) is 3.36. The minimum Gasteiger partial charge on any atom is -0.370 e. The van der Waals surface area contributed by atoms with Crippen molar-refractivity contribution in [2.45, 2.75) is 44.1 Å². The molecule has 0 amide bonds. The van der Waals surface area contributed by atoms with E-state index in [1.807, 2.05) is 30.3 Å². The predicted octanol–water partition coefficient (Wildman–Crippen LogP) is 4.16. The quantitative estimate of drug-likeness (QED) is 0.627. The molecule has 0 aliphatic heterocycles. The average Bonchev–Trinajstić information content (AvgIpc) is 2.80. The van der Waals surface area contributed by atoms with Crippen molar-refractivity contribution in [1.82, 2.24) is 4.98 Å². The zero-order valence-electron chi connectivity index (χ0n) is 12.5. The predicted molar refractivity (Wildman–Crippen MR) is 83.5 cm³/mol. The first kappa shape index (κ1) is 14.2. The molecular weight excluding hydrogens is 262 g/mol. The lowest BCUT2D eigenvalue weighted by molar-refractivity contribution is -0.00680. The van der Waals surface area contributed by atoms with E-state index in [9.17, 15) is 4.79 Å². The Morgan fingerprint density at radius 2 is 1.81 bits per heavy atom. The number of aromatic nitrogens is 1. The van der Waals surface area contributed by atoms with Gasteiger partial charge in [0.2, 0.25) is 0 Å². The molecule has 0 radical (unpaired) electrons. The number of pyridine rings is 1. The highest BCUT2D eigenvalue weighted by Crippen LogP contribution is 2.34. The molecule has 1 aliphatic rings. The van der Waals surface area contributed by atoms with Gasteiger partial charge in [-0.05, 0) is 25.0 Å². The first-order valence-electron chi connectivity index (χ1n) is 7.70. The fourth-order valence-corrected chi connectivity index (χ4v) is 3.36. The van der Waals surface area contributed by atoms with Crippen LogP contribution >= 0.6 is 0 Å². The molecule has 1 saturated carbocycles. The number of nitrogens with zero attached hydrogens (tertiary/aromatic N) is 1. The Hall–Kier alpha value is -1.74. The van der Waals surface area contributed by atoms with Crippen LogP contribution in [0.3, 0.4) is 0 Å². The highest BCUT2D eigenvalue weighted by molar-refractivity contribution is 6.10. The van der Waals surface area contributed by atoms with Gasteiger partial charge in [0.1, 0.15) is 5.60 Å². The summed E-state index contributed by atoms with van der Waals surface area (Å²) in [7, 11) is 1.67. The molecule has 0 N–H and O–H groups in total. The molecule has 3 nitrogen and oxygen atoms in total. The Morgan fingerprint density at radius 1 is 1.10 bits per heavy atom. The number of para-hydroxylation sites is 1. The van der Waals surface area contributed by atoms with Crippen molar-refractivity contribution in [3.8, 4) is 0 Å². The van der Waals surface area contributed by atoms with Crippen LogP contribution in [0.1, 0.15) is 48.9 Å². The van der Waals surface area contributed by atoms with E-state index in [1.165, 1.54) is 12.8 Å². The second-order valence-corrected chi connectivity index (χ2v) is 5.82. The summed E-state index contributed by atoms with van der Waals surface area (Å²) in [5.74, 6) is 0.0937. The van der Waals surface area contributed by atoms with E-state index in [0.29, 0.717) is 5.56 Å². The minimum absolute atomic E-state index is 0.0937. The van der Waals surface area contributed by atoms with Crippen LogP contribution in [0.2, 0.25) is 0 Å². The summed E-state index contributed by atoms with van der Waals surface area (Å²) in [6.07, 6.45) is 7.84. The summed E-state index contributed by atoms with van der Waals surface area (Å²) in [4.78, 5) is 17.6. The number of hydrogen-bond acceptors (Lipinski definition) is 3. The monoisotopic (exact) mass is 283 g/mol. The molecule has 0 spiro atoms. The van der Waals surface area contributed by atoms with Crippen LogP contribution in [0.4, 0.5) is 0 Å². The van der Waals surface area contributed by atoms with Gasteiger partial charge in [-0.1, -0.05) is 43.9 Å². The van der Waals surface area contributed by atoms with Crippen molar-refractivity contribution < 1.29 is 9.53 Å². The SMILES string of the molecule is COC1(C(=O)c2cccc3cccnc23)CCCCCC1. The zero-order chi connectivity index (χ0) is 14.7. The van der Waals surface area contributed by atoms with Crippen LogP contribution in [-0.4, -0.2) is 23.5 Å². The molecule has 3 rings (SSSR count). The molecule has 1 fully saturated rings. The first-order valence-corrected chi connectivity index (χ1v) is 7.70. The van der Waals surface area contributed by atoms with Crippen molar-refractivity contribution >= 4 is 16.7 Å². The molecule has 0 atom stereocenters. The maximum absolute atomic E-state index is 13.2. The minimum atomic E-state index is -0.664. The molecule has 1 aromatic heterocycles. The van der Waals surface area contributed by atoms with Gasteiger partial charge in [-0.15, -0.1) is 0 Å². The topological polar surface area (TPSA) is 39.2 Å². The van der Waals surface area contributed by atoms with Crippen molar-refractivity contribution in [3.05, 3.63) is 42.1 Å². The van der Waals surface area contributed by atoms with Gasteiger partial charge in [0.25, 0.3) is 0 Å². The van der Waals surface area contributed by atoms with Crippen LogP contribution in [0, 0.1) is 0 Å². The summed E-state index contributed by atoms with van der Waals surface area (Å²) < 4.78 is 5.75. The summed E-state index contributed by atoms with van der Waals surface area (Å²) in [5.41, 5.74) is 0.810. The number of fused-ring (bicyclic) bond motifs is 1. The highest BCUT2D eigenvalue weighted by atomic mass is 16.5.